The molecule has 0 aliphatic heterocycles. The molecule has 3 rings (SSSR count). The van der Waals surface area contributed by atoms with Crippen molar-refractivity contribution in [3.8, 4) is 0 Å². The molecule has 0 saturated carbocycles. The van der Waals surface area contributed by atoms with Crippen molar-refractivity contribution in [2.45, 2.75) is 18.8 Å². The highest BCUT2D eigenvalue weighted by atomic mass is 35.5. The Bertz CT molecular complexity index is 1090. The summed E-state index contributed by atoms with van der Waals surface area (Å²) in [6, 6.07) is 14.5. The van der Waals surface area contributed by atoms with Gasteiger partial charge < -0.3 is 5.32 Å². The van der Waals surface area contributed by atoms with Crippen molar-refractivity contribution in [3.05, 3.63) is 88.2 Å². The lowest BCUT2D eigenvalue weighted by atomic mass is 10.1. The number of benzene rings is 2. The predicted molar refractivity (Wildman–Crippen MR) is 112 cm³/mol. The number of aromatic nitrogens is 2. The molecule has 7 nitrogen and oxygen atoms in total. The van der Waals surface area contributed by atoms with Crippen molar-refractivity contribution in [1.82, 2.24) is 19.8 Å². The van der Waals surface area contributed by atoms with E-state index in [-0.39, 0.29) is 11.7 Å². The average molecular weight is 433 g/mol. The molecule has 0 fully saturated rings. The summed E-state index contributed by atoms with van der Waals surface area (Å²) in [7, 11) is -1.92. The fraction of sp³-hybridized carbons (Fsp3) is 0.200. The lowest BCUT2D eigenvalue weighted by molar-refractivity contribution is 0.0951. The SMILES string of the molecule is CNS(=O)(=O)Cc1ccc(CNC(=O)c2cnn(Cc3ccccc3Cl)c2)cc1. The molecule has 0 spiro atoms. The second-order valence-electron chi connectivity index (χ2n) is 6.48. The van der Waals surface area contributed by atoms with E-state index in [1.807, 2.05) is 24.3 Å². The van der Waals surface area contributed by atoms with Gasteiger partial charge in [0.1, 0.15) is 0 Å². The molecule has 1 amide bonds. The van der Waals surface area contributed by atoms with Crippen molar-refractivity contribution < 1.29 is 13.2 Å². The number of carbonyl (C=O) groups excluding carboxylic acids is 1. The van der Waals surface area contributed by atoms with Gasteiger partial charge in [0.15, 0.2) is 0 Å². The molecule has 0 unspecified atom stereocenters. The highest BCUT2D eigenvalue weighted by molar-refractivity contribution is 7.88. The number of carbonyl (C=O) groups is 1. The zero-order chi connectivity index (χ0) is 20.9. The Morgan fingerprint density at radius 1 is 1.10 bits per heavy atom. The highest BCUT2D eigenvalue weighted by Crippen LogP contribution is 2.16. The van der Waals surface area contributed by atoms with Gasteiger partial charge in [-0.2, -0.15) is 5.10 Å². The van der Waals surface area contributed by atoms with Crippen LogP contribution in [0.3, 0.4) is 0 Å². The molecule has 0 bridgehead atoms. The Labute approximate surface area is 174 Å². The summed E-state index contributed by atoms with van der Waals surface area (Å²) < 4.78 is 27.1. The van der Waals surface area contributed by atoms with E-state index in [2.05, 4.69) is 15.1 Å². The Morgan fingerprint density at radius 3 is 2.48 bits per heavy atom. The monoisotopic (exact) mass is 432 g/mol. The van der Waals surface area contributed by atoms with Crippen LogP contribution in [-0.2, 0) is 28.9 Å². The minimum absolute atomic E-state index is 0.0826. The molecule has 0 aliphatic rings. The zero-order valence-corrected chi connectivity index (χ0v) is 17.4. The standard InChI is InChI=1S/C20H21ClN4O3S/c1-22-29(27,28)14-16-8-6-15(7-9-16)10-23-20(26)18-11-24-25(13-18)12-17-4-2-3-5-19(17)21/h2-9,11,13,22H,10,12,14H2,1H3,(H,23,26). The van der Waals surface area contributed by atoms with Crippen LogP contribution in [0.1, 0.15) is 27.0 Å². The number of hydrogen-bond donors (Lipinski definition) is 2. The van der Waals surface area contributed by atoms with Gasteiger partial charge in [0.2, 0.25) is 10.0 Å². The Balaban J connectivity index is 1.56. The second kappa shape index (κ2) is 9.21. The first-order valence-electron chi connectivity index (χ1n) is 8.89. The van der Waals surface area contributed by atoms with Gasteiger partial charge in [-0.05, 0) is 29.8 Å². The minimum Gasteiger partial charge on any atom is -0.348 e. The van der Waals surface area contributed by atoms with E-state index in [0.29, 0.717) is 29.2 Å². The third kappa shape index (κ3) is 5.90. The van der Waals surface area contributed by atoms with E-state index in [0.717, 1.165) is 11.1 Å². The van der Waals surface area contributed by atoms with Gasteiger partial charge in [-0.15, -0.1) is 0 Å². The molecule has 9 heteroatoms. The molecular formula is C20H21ClN4O3S. The highest BCUT2D eigenvalue weighted by Gasteiger charge is 2.11. The first-order chi connectivity index (χ1) is 13.9. The largest absolute Gasteiger partial charge is 0.348 e. The molecule has 1 heterocycles. The summed E-state index contributed by atoms with van der Waals surface area (Å²) in [5, 5.41) is 7.70. The molecule has 0 radical (unpaired) electrons. The van der Waals surface area contributed by atoms with Crippen LogP contribution in [0.15, 0.2) is 60.9 Å². The first-order valence-corrected chi connectivity index (χ1v) is 10.9. The Morgan fingerprint density at radius 2 is 1.79 bits per heavy atom. The van der Waals surface area contributed by atoms with Crippen molar-refractivity contribution >= 4 is 27.5 Å². The maximum absolute atomic E-state index is 12.4. The van der Waals surface area contributed by atoms with Gasteiger partial charge in [0.05, 0.1) is 24.1 Å². The molecule has 152 valence electrons. The molecule has 2 aromatic carbocycles. The molecule has 0 atom stereocenters. The molecule has 1 aromatic heterocycles. The number of sulfonamides is 1. The van der Waals surface area contributed by atoms with Crippen molar-refractivity contribution in [3.63, 3.8) is 0 Å². The van der Waals surface area contributed by atoms with Crippen molar-refractivity contribution in [2.24, 2.45) is 0 Å². The van der Waals surface area contributed by atoms with E-state index in [1.165, 1.54) is 13.2 Å². The van der Waals surface area contributed by atoms with E-state index < -0.39 is 10.0 Å². The van der Waals surface area contributed by atoms with Crippen LogP contribution in [0.2, 0.25) is 5.02 Å². The average Bonchev–Trinajstić information content (AvgIpc) is 3.17. The number of hydrogen-bond acceptors (Lipinski definition) is 4. The molecule has 0 saturated heterocycles. The van der Waals surface area contributed by atoms with Gasteiger partial charge in [-0.25, -0.2) is 13.1 Å². The Kier molecular flexibility index (Phi) is 6.68. The third-order valence-electron chi connectivity index (χ3n) is 4.33. The smallest absolute Gasteiger partial charge is 0.254 e. The van der Waals surface area contributed by atoms with Gasteiger partial charge in [0, 0.05) is 17.8 Å². The van der Waals surface area contributed by atoms with Crippen LogP contribution in [0, 0.1) is 0 Å². The summed E-state index contributed by atoms with van der Waals surface area (Å²) in [5.41, 5.74) is 2.92. The predicted octanol–water partition coefficient (Wildman–Crippen LogP) is 2.56. The normalized spacial score (nSPS) is 11.4. The van der Waals surface area contributed by atoms with Gasteiger partial charge >= 0.3 is 0 Å². The third-order valence-corrected chi connectivity index (χ3v) is 6.03. The fourth-order valence-corrected chi connectivity index (χ4v) is 3.67. The summed E-state index contributed by atoms with van der Waals surface area (Å²) in [6.07, 6.45) is 3.18. The molecule has 29 heavy (non-hydrogen) atoms. The van der Waals surface area contributed by atoms with Gasteiger partial charge in [-0.3, -0.25) is 9.48 Å². The molecule has 3 aromatic rings. The minimum atomic E-state index is -3.31. The van der Waals surface area contributed by atoms with Gasteiger partial charge in [-0.1, -0.05) is 54.1 Å². The summed E-state index contributed by atoms with van der Waals surface area (Å²) >= 11 is 6.16. The lowest BCUT2D eigenvalue weighted by Crippen LogP contribution is -2.22. The summed E-state index contributed by atoms with van der Waals surface area (Å²) in [4.78, 5) is 12.4. The van der Waals surface area contributed by atoms with Gasteiger partial charge in [0.25, 0.3) is 5.91 Å². The number of nitrogens with one attached hydrogen (secondary N) is 2. The maximum Gasteiger partial charge on any atom is 0.254 e. The number of nitrogens with zero attached hydrogens (tertiary/aromatic N) is 2. The topological polar surface area (TPSA) is 93.1 Å². The number of rotatable bonds is 8. The van der Waals surface area contributed by atoms with E-state index >= 15 is 0 Å². The quantitative estimate of drug-likeness (QED) is 0.572. The first kappa shape index (κ1) is 21.0. The Hall–Kier alpha value is -2.68. The van der Waals surface area contributed by atoms with Crippen LogP contribution >= 0.6 is 11.6 Å². The van der Waals surface area contributed by atoms with E-state index in [4.69, 9.17) is 11.6 Å². The van der Waals surface area contributed by atoms with Crippen molar-refractivity contribution in [1.29, 1.82) is 0 Å². The fourth-order valence-electron chi connectivity index (χ4n) is 2.70. The zero-order valence-electron chi connectivity index (χ0n) is 15.8. The van der Waals surface area contributed by atoms with Crippen LogP contribution in [0.5, 0.6) is 0 Å². The van der Waals surface area contributed by atoms with Crippen LogP contribution in [0.25, 0.3) is 0 Å². The maximum atomic E-state index is 12.4. The molecule has 0 aliphatic carbocycles. The number of amides is 1. The van der Waals surface area contributed by atoms with Crippen LogP contribution < -0.4 is 10.0 Å². The lowest BCUT2D eigenvalue weighted by Gasteiger charge is -2.06. The molecular weight excluding hydrogens is 412 g/mol. The van der Waals surface area contributed by atoms with E-state index in [1.54, 1.807) is 35.1 Å². The van der Waals surface area contributed by atoms with Crippen LogP contribution in [-0.4, -0.2) is 31.2 Å². The summed E-state index contributed by atoms with van der Waals surface area (Å²) in [5.74, 6) is -0.321. The van der Waals surface area contributed by atoms with E-state index in [9.17, 15) is 13.2 Å². The number of halogens is 1. The van der Waals surface area contributed by atoms with Crippen LogP contribution in [0.4, 0.5) is 0 Å². The summed E-state index contributed by atoms with van der Waals surface area (Å²) in [6.45, 7) is 0.803. The molecule has 2 N–H and O–H groups in total. The van der Waals surface area contributed by atoms with Crippen molar-refractivity contribution in [2.75, 3.05) is 7.05 Å². The second-order valence-corrected chi connectivity index (χ2v) is 8.81.